The fourth-order valence-corrected chi connectivity index (χ4v) is 3.82. The summed E-state index contributed by atoms with van der Waals surface area (Å²) in [6.45, 7) is 1.76. The Hall–Kier alpha value is -1.56. The lowest BCUT2D eigenvalue weighted by molar-refractivity contribution is 0.567. The van der Waals surface area contributed by atoms with Gasteiger partial charge in [-0.25, -0.2) is 13.1 Å². The van der Waals surface area contributed by atoms with E-state index < -0.39 is 10.0 Å². The normalized spacial score (nSPS) is 13.1. The molecule has 2 rings (SSSR count). The minimum absolute atomic E-state index is 0.0792. The van der Waals surface area contributed by atoms with Crippen LogP contribution in [0, 0.1) is 0 Å². The van der Waals surface area contributed by atoms with E-state index >= 15 is 0 Å². The number of hydrogen-bond donors (Lipinski definition) is 2. The first-order chi connectivity index (χ1) is 9.42. The zero-order chi connectivity index (χ0) is 14.8. The van der Waals surface area contributed by atoms with Crippen molar-refractivity contribution in [2.24, 2.45) is 0 Å². The number of nitrogen functional groups attached to an aromatic ring is 1. The Morgan fingerprint density at radius 1 is 1.10 bits per heavy atom. The summed E-state index contributed by atoms with van der Waals surface area (Å²) < 4.78 is 27.3. The van der Waals surface area contributed by atoms with Crippen LogP contribution in [0.25, 0.3) is 0 Å². The summed E-state index contributed by atoms with van der Waals surface area (Å²) in [7, 11) is -3.78. The number of halogens is 1. The molecule has 0 aliphatic heterocycles. The van der Waals surface area contributed by atoms with Crippen LogP contribution < -0.4 is 10.5 Å². The number of sulfonamides is 1. The highest BCUT2D eigenvalue weighted by Gasteiger charge is 2.23. The molecule has 2 aromatic rings. The number of nitrogens with one attached hydrogen (secondary N) is 1. The summed E-state index contributed by atoms with van der Waals surface area (Å²) in [5, 5.41) is 0.109. The average Bonchev–Trinajstić information content (AvgIpc) is 2.38. The van der Waals surface area contributed by atoms with Gasteiger partial charge in [0.05, 0.1) is 10.7 Å². The molecular formula is C14H15ClN2O2S. The van der Waals surface area contributed by atoms with E-state index in [2.05, 4.69) is 4.72 Å². The van der Waals surface area contributed by atoms with Gasteiger partial charge in [-0.3, -0.25) is 0 Å². The molecule has 0 bridgehead atoms. The third-order valence-electron chi connectivity index (χ3n) is 2.90. The summed E-state index contributed by atoms with van der Waals surface area (Å²) >= 11 is 5.94. The molecule has 0 spiro atoms. The standard InChI is InChI=1S/C14H15ClN2O2S/c1-10(11-6-3-2-4-7-11)17-20(18,19)14-12(15)8-5-9-13(14)16/h2-10,17H,16H2,1H3/t10-/m1/s1. The van der Waals surface area contributed by atoms with E-state index in [-0.39, 0.29) is 21.6 Å². The van der Waals surface area contributed by atoms with Crippen molar-refractivity contribution in [3.63, 3.8) is 0 Å². The number of anilines is 1. The predicted molar refractivity (Wildman–Crippen MR) is 81.0 cm³/mol. The van der Waals surface area contributed by atoms with E-state index in [0.29, 0.717) is 0 Å². The Bertz CT molecular complexity index is 682. The van der Waals surface area contributed by atoms with Crippen LogP contribution in [0.4, 0.5) is 5.69 Å². The number of benzene rings is 2. The molecule has 3 N–H and O–H groups in total. The monoisotopic (exact) mass is 310 g/mol. The van der Waals surface area contributed by atoms with Gasteiger partial charge in [0.1, 0.15) is 4.90 Å². The quantitative estimate of drug-likeness (QED) is 0.853. The van der Waals surface area contributed by atoms with Crippen molar-refractivity contribution in [3.8, 4) is 0 Å². The van der Waals surface area contributed by atoms with Crippen LogP contribution in [0.15, 0.2) is 53.4 Å². The first-order valence-corrected chi connectivity index (χ1v) is 7.89. The Labute approximate surface area is 123 Å². The molecule has 0 heterocycles. The third kappa shape index (κ3) is 3.12. The van der Waals surface area contributed by atoms with Crippen molar-refractivity contribution in [1.82, 2.24) is 4.72 Å². The van der Waals surface area contributed by atoms with Crippen molar-refractivity contribution in [2.75, 3.05) is 5.73 Å². The van der Waals surface area contributed by atoms with E-state index in [1.807, 2.05) is 30.3 Å². The maximum Gasteiger partial charge on any atom is 0.244 e. The van der Waals surface area contributed by atoms with Crippen LogP contribution in [0.2, 0.25) is 5.02 Å². The second-order valence-corrected chi connectivity index (χ2v) is 6.47. The Kier molecular flexibility index (Phi) is 4.32. The summed E-state index contributed by atoms with van der Waals surface area (Å²) in [5.74, 6) is 0. The van der Waals surface area contributed by atoms with E-state index in [0.717, 1.165) is 5.56 Å². The molecular weight excluding hydrogens is 296 g/mol. The molecule has 1 atom stereocenters. The van der Waals surface area contributed by atoms with Crippen molar-refractivity contribution in [3.05, 3.63) is 59.1 Å². The lowest BCUT2D eigenvalue weighted by Crippen LogP contribution is -2.27. The van der Waals surface area contributed by atoms with Gasteiger partial charge in [0.25, 0.3) is 0 Å². The first-order valence-electron chi connectivity index (χ1n) is 6.03. The van der Waals surface area contributed by atoms with E-state index in [1.54, 1.807) is 13.0 Å². The van der Waals surface area contributed by atoms with Gasteiger partial charge in [0.2, 0.25) is 10.0 Å². The Morgan fingerprint density at radius 3 is 2.35 bits per heavy atom. The number of rotatable bonds is 4. The highest BCUT2D eigenvalue weighted by Crippen LogP contribution is 2.28. The summed E-state index contributed by atoms with van der Waals surface area (Å²) in [6, 6.07) is 13.5. The van der Waals surface area contributed by atoms with E-state index in [9.17, 15) is 8.42 Å². The number of hydrogen-bond acceptors (Lipinski definition) is 3. The molecule has 106 valence electrons. The van der Waals surface area contributed by atoms with Crippen LogP contribution in [0.5, 0.6) is 0 Å². The predicted octanol–water partition coefficient (Wildman–Crippen LogP) is 2.96. The van der Waals surface area contributed by atoms with E-state index in [1.165, 1.54) is 12.1 Å². The average molecular weight is 311 g/mol. The van der Waals surface area contributed by atoms with Gasteiger partial charge in [-0.15, -0.1) is 0 Å². The van der Waals surface area contributed by atoms with Crippen molar-refractivity contribution in [2.45, 2.75) is 17.9 Å². The molecule has 0 saturated heterocycles. The van der Waals surface area contributed by atoms with Crippen LogP contribution in [0.3, 0.4) is 0 Å². The summed E-state index contributed by atoms with van der Waals surface area (Å²) in [4.78, 5) is -0.0792. The fraction of sp³-hybridized carbons (Fsp3) is 0.143. The molecule has 0 aliphatic rings. The van der Waals surface area contributed by atoms with Crippen LogP contribution in [-0.4, -0.2) is 8.42 Å². The topological polar surface area (TPSA) is 72.2 Å². The molecule has 20 heavy (non-hydrogen) atoms. The molecule has 0 aliphatic carbocycles. The van der Waals surface area contributed by atoms with Crippen molar-refractivity contribution >= 4 is 27.3 Å². The molecule has 6 heteroatoms. The Morgan fingerprint density at radius 2 is 1.75 bits per heavy atom. The minimum atomic E-state index is -3.78. The van der Waals surface area contributed by atoms with Gasteiger partial charge < -0.3 is 5.73 Å². The summed E-state index contributed by atoms with van der Waals surface area (Å²) in [5.41, 5.74) is 6.71. The maximum absolute atomic E-state index is 12.4. The van der Waals surface area contributed by atoms with Gasteiger partial charge in [0, 0.05) is 6.04 Å². The largest absolute Gasteiger partial charge is 0.398 e. The van der Waals surface area contributed by atoms with E-state index in [4.69, 9.17) is 17.3 Å². The molecule has 0 saturated carbocycles. The zero-order valence-corrected chi connectivity index (χ0v) is 12.4. The minimum Gasteiger partial charge on any atom is -0.398 e. The lowest BCUT2D eigenvalue weighted by Gasteiger charge is -2.16. The second kappa shape index (κ2) is 5.83. The Balaban J connectivity index is 2.33. The van der Waals surface area contributed by atoms with Crippen LogP contribution in [0.1, 0.15) is 18.5 Å². The second-order valence-electron chi connectivity index (χ2n) is 4.41. The highest BCUT2D eigenvalue weighted by molar-refractivity contribution is 7.89. The van der Waals surface area contributed by atoms with Gasteiger partial charge in [-0.05, 0) is 24.6 Å². The summed E-state index contributed by atoms with van der Waals surface area (Å²) in [6.07, 6.45) is 0. The highest BCUT2D eigenvalue weighted by atomic mass is 35.5. The molecule has 0 fully saturated rings. The molecule has 0 amide bonds. The maximum atomic E-state index is 12.4. The first kappa shape index (κ1) is 14.8. The molecule has 0 aromatic heterocycles. The van der Waals surface area contributed by atoms with Crippen LogP contribution in [-0.2, 0) is 10.0 Å². The van der Waals surface area contributed by atoms with Gasteiger partial charge in [0.15, 0.2) is 0 Å². The molecule has 4 nitrogen and oxygen atoms in total. The smallest absolute Gasteiger partial charge is 0.244 e. The van der Waals surface area contributed by atoms with Gasteiger partial charge >= 0.3 is 0 Å². The molecule has 0 unspecified atom stereocenters. The zero-order valence-electron chi connectivity index (χ0n) is 10.9. The van der Waals surface area contributed by atoms with Gasteiger partial charge in [-0.1, -0.05) is 48.0 Å². The van der Waals surface area contributed by atoms with Crippen LogP contribution >= 0.6 is 11.6 Å². The van der Waals surface area contributed by atoms with Crippen molar-refractivity contribution in [1.29, 1.82) is 0 Å². The fourth-order valence-electron chi connectivity index (χ4n) is 1.91. The SMILES string of the molecule is C[C@@H](NS(=O)(=O)c1c(N)cccc1Cl)c1ccccc1. The molecule has 2 aromatic carbocycles. The number of nitrogens with two attached hydrogens (primary N) is 1. The lowest BCUT2D eigenvalue weighted by atomic mass is 10.1. The molecule has 0 radical (unpaired) electrons. The van der Waals surface area contributed by atoms with Gasteiger partial charge in [-0.2, -0.15) is 0 Å². The van der Waals surface area contributed by atoms with Crippen molar-refractivity contribution < 1.29 is 8.42 Å². The third-order valence-corrected chi connectivity index (χ3v) is 4.98.